The number of benzene rings is 1. The van der Waals surface area contributed by atoms with Gasteiger partial charge in [0.25, 0.3) is 0 Å². The molecule has 0 spiro atoms. The van der Waals surface area contributed by atoms with E-state index in [1.165, 1.54) is 0 Å². The molecule has 1 aliphatic heterocycles. The lowest BCUT2D eigenvalue weighted by atomic mass is 9.80. The Labute approximate surface area is 144 Å². The van der Waals surface area contributed by atoms with Crippen LogP contribution in [0.5, 0.6) is 0 Å². The van der Waals surface area contributed by atoms with Crippen LogP contribution in [-0.2, 0) is 15.1 Å². The molecule has 2 aliphatic rings. The van der Waals surface area contributed by atoms with E-state index in [2.05, 4.69) is 4.90 Å². The van der Waals surface area contributed by atoms with Crippen molar-refractivity contribution in [3.05, 3.63) is 35.9 Å². The summed E-state index contributed by atoms with van der Waals surface area (Å²) in [4.78, 5) is 15.0. The molecule has 1 aliphatic carbocycles. The number of aliphatic hydroxyl groups is 1. The third kappa shape index (κ3) is 3.70. The molecule has 3 rings (SSSR count). The van der Waals surface area contributed by atoms with Crippen molar-refractivity contribution in [2.24, 2.45) is 5.92 Å². The SMILES string of the molecule is CN1CCC(OC(=O)C(O)(c2ccccc2)C2CCCC2)C1.[Cl-]. The maximum atomic E-state index is 12.8. The second-order valence-corrected chi connectivity index (χ2v) is 6.69. The van der Waals surface area contributed by atoms with Gasteiger partial charge < -0.3 is 27.2 Å². The van der Waals surface area contributed by atoms with Crippen LogP contribution >= 0.6 is 0 Å². The molecule has 128 valence electrons. The quantitative estimate of drug-likeness (QED) is 0.739. The van der Waals surface area contributed by atoms with Crippen molar-refractivity contribution in [3.8, 4) is 0 Å². The molecule has 4 nitrogen and oxygen atoms in total. The fraction of sp³-hybridized carbons (Fsp3) is 0.611. The van der Waals surface area contributed by atoms with E-state index in [0.717, 1.165) is 45.2 Å². The molecule has 1 aromatic rings. The number of nitrogens with zero attached hydrogens (tertiary/aromatic N) is 1. The second kappa shape index (κ2) is 7.65. The number of likely N-dealkylation sites (N-methyl/N-ethyl adjacent to an activating group) is 1. The molecule has 1 aromatic carbocycles. The van der Waals surface area contributed by atoms with Gasteiger partial charge in [0.05, 0.1) is 0 Å². The van der Waals surface area contributed by atoms with E-state index < -0.39 is 11.6 Å². The Kier molecular flexibility index (Phi) is 6.06. The van der Waals surface area contributed by atoms with Crippen LogP contribution < -0.4 is 12.4 Å². The predicted molar refractivity (Wildman–Crippen MR) is 84.3 cm³/mol. The Hall–Kier alpha value is -1.10. The highest BCUT2D eigenvalue weighted by molar-refractivity contribution is 5.81. The van der Waals surface area contributed by atoms with Gasteiger partial charge in [0.2, 0.25) is 0 Å². The fourth-order valence-electron chi connectivity index (χ4n) is 3.79. The van der Waals surface area contributed by atoms with Crippen LogP contribution in [0.4, 0.5) is 0 Å². The van der Waals surface area contributed by atoms with E-state index in [9.17, 15) is 9.90 Å². The molecule has 2 atom stereocenters. The average molecular weight is 339 g/mol. The summed E-state index contributed by atoms with van der Waals surface area (Å²) in [6.45, 7) is 1.69. The molecule has 2 fully saturated rings. The highest BCUT2D eigenvalue weighted by Crippen LogP contribution is 2.41. The molecule has 1 heterocycles. The van der Waals surface area contributed by atoms with Crippen LogP contribution in [-0.4, -0.2) is 42.2 Å². The minimum absolute atomic E-state index is 0. The van der Waals surface area contributed by atoms with Gasteiger partial charge in [0.1, 0.15) is 6.10 Å². The third-order valence-corrected chi connectivity index (χ3v) is 5.09. The first-order valence-electron chi connectivity index (χ1n) is 8.28. The summed E-state index contributed by atoms with van der Waals surface area (Å²) in [7, 11) is 2.02. The lowest BCUT2D eigenvalue weighted by Gasteiger charge is -2.33. The Balaban J connectivity index is 0.00000192. The molecule has 0 bridgehead atoms. The third-order valence-electron chi connectivity index (χ3n) is 5.09. The van der Waals surface area contributed by atoms with Gasteiger partial charge in [0.15, 0.2) is 5.60 Å². The standard InChI is InChI=1S/C18H25NO3.ClH/c1-19-12-11-16(13-19)22-17(20)18(21,15-9-5-6-10-15)14-7-3-2-4-8-14;/h2-4,7-8,15-16,21H,5-6,9-13H2,1H3;1H/p-1. The number of carbonyl (C=O) groups is 1. The summed E-state index contributed by atoms with van der Waals surface area (Å²) in [5, 5.41) is 11.3. The summed E-state index contributed by atoms with van der Waals surface area (Å²) >= 11 is 0. The van der Waals surface area contributed by atoms with Gasteiger partial charge in [-0.05, 0) is 31.9 Å². The summed E-state index contributed by atoms with van der Waals surface area (Å²) in [5.74, 6) is -0.507. The highest BCUT2D eigenvalue weighted by Gasteiger charge is 2.48. The van der Waals surface area contributed by atoms with Crippen LogP contribution in [0.25, 0.3) is 0 Å². The fourth-order valence-corrected chi connectivity index (χ4v) is 3.79. The highest BCUT2D eigenvalue weighted by atomic mass is 35.5. The van der Waals surface area contributed by atoms with E-state index in [0.29, 0.717) is 5.56 Å². The lowest BCUT2D eigenvalue weighted by molar-refractivity contribution is -0.178. The Morgan fingerprint density at radius 3 is 2.43 bits per heavy atom. The van der Waals surface area contributed by atoms with Gasteiger partial charge in [-0.15, -0.1) is 0 Å². The average Bonchev–Trinajstić information content (AvgIpc) is 3.19. The van der Waals surface area contributed by atoms with E-state index in [4.69, 9.17) is 4.74 Å². The molecule has 5 heteroatoms. The van der Waals surface area contributed by atoms with Crippen molar-refractivity contribution >= 4 is 5.97 Å². The first-order chi connectivity index (χ1) is 10.6. The van der Waals surface area contributed by atoms with Crippen LogP contribution in [0, 0.1) is 5.92 Å². The van der Waals surface area contributed by atoms with Gasteiger partial charge >= 0.3 is 5.97 Å². The zero-order valence-electron chi connectivity index (χ0n) is 13.6. The normalized spacial score (nSPS) is 24.9. The molecule has 23 heavy (non-hydrogen) atoms. The number of carbonyl (C=O) groups excluding carboxylic acids is 1. The van der Waals surface area contributed by atoms with E-state index in [1.807, 2.05) is 37.4 Å². The zero-order chi connectivity index (χ0) is 15.6. The molecule has 0 aromatic heterocycles. The molecule has 1 saturated carbocycles. The van der Waals surface area contributed by atoms with Crippen molar-refractivity contribution in [2.75, 3.05) is 20.1 Å². The topological polar surface area (TPSA) is 49.8 Å². The Bertz CT molecular complexity index is 518. The largest absolute Gasteiger partial charge is 1.00 e. The van der Waals surface area contributed by atoms with Crippen LogP contribution in [0.15, 0.2) is 30.3 Å². The van der Waals surface area contributed by atoms with Gasteiger partial charge in [-0.2, -0.15) is 0 Å². The molecule has 0 radical (unpaired) electrons. The molecule has 2 unspecified atom stereocenters. The molecule has 1 saturated heterocycles. The van der Waals surface area contributed by atoms with Crippen molar-refractivity contribution in [2.45, 2.75) is 43.8 Å². The molecule has 1 N–H and O–H groups in total. The number of likely N-dealkylation sites (tertiary alicyclic amines) is 1. The van der Waals surface area contributed by atoms with Crippen LogP contribution in [0.1, 0.15) is 37.7 Å². The van der Waals surface area contributed by atoms with E-state index >= 15 is 0 Å². The van der Waals surface area contributed by atoms with Gasteiger partial charge in [-0.3, -0.25) is 0 Å². The summed E-state index contributed by atoms with van der Waals surface area (Å²) in [6.07, 6.45) is 4.64. The first kappa shape index (κ1) is 18.2. The van der Waals surface area contributed by atoms with Crippen molar-refractivity contribution in [1.82, 2.24) is 4.90 Å². The smallest absolute Gasteiger partial charge is 0.343 e. The van der Waals surface area contributed by atoms with Gasteiger partial charge in [-0.1, -0.05) is 43.2 Å². The van der Waals surface area contributed by atoms with Crippen molar-refractivity contribution in [3.63, 3.8) is 0 Å². The van der Waals surface area contributed by atoms with Crippen LogP contribution in [0.3, 0.4) is 0 Å². The summed E-state index contributed by atoms with van der Waals surface area (Å²) in [6, 6.07) is 9.30. The minimum atomic E-state index is -1.50. The number of esters is 1. The van der Waals surface area contributed by atoms with E-state index in [-0.39, 0.29) is 24.4 Å². The number of hydrogen-bond acceptors (Lipinski definition) is 4. The van der Waals surface area contributed by atoms with Crippen LogP contribution in [0.2, 0.25) is 0 Å². The van der Waals surface area contributed by atoms with Gasteiger partial charge in [0, 0.05) is 19.0 Å². The van der Waals surface area contributed by atoms with E-state index in [1.54, 1.807) is 0 Å². The Morgan fingerprint density at radius 1 is 1.22 bits per heavy atom. The molecular formula is C18H25ClNO3-. The number of ether oxygens (including phenoxy) is 1. The van der Waals surface area contributed by atoms with Crippen molar-refractivity contribution < 1.29 is 27.0 Å². The maximum absolute atomic E-state index is 12.8. The molecule has 0 amide bonds. The number of rotatable bonds is 4. The first-order valence-corrected chi connectivity index (χ1v) is 8.28. The minimum Gasteiger partial charge on any atom is -1.00 e. The summed E-state index contributed by atoms with van der Waals surface area (Å²) < 4.78 is 5.68. The zero-order valence-corrected chi connectivity index (χ0v) is 14.3. The monoisotopic (exact) mass is 338 g/mol. The van der Waals surface area contributed by atoms with Crippen molar-refractivity contribution in [1.29, 1.82) is 0 Å². The second-order valence-electron chi connectivity index (χ2n) is 6.69. The lowest BCUT2D eigenvalue weighted by Crippen LogP contribution is -3.00. The maximum Gasteiger partial charge on any atom is 0.343 e. The number of hydrogen-bond donors (Lipinski definition) is 1. The Morgan fingerprint density at radius 2 is 1.87 bits per heavy atom. The number of halogens is 1. The summed E-state index contributed by atoms with van der Waals surface area (Å²) in [5.41, 5.74) is -0.836. The predicted octanol–water partition coefficient (Wildman–Crippen LogP) is -0.684. The van der Waals surface area contributed by atoms with Gasteiger partial charge in [-0.25, -0.2) is 4.79 Å². The molecular weight excluding hydrogens is 314 g/mol.